The van der Waals surface area contributed by atoms with Gasteiger partial charge in [-0.2, -0.15) is 0 Å². The van der Waals surface area contributed by atoms with Crippen LogP contribution in [0.25, 0.3) is 0 Å². The topological polar surface area (TPSA) is 69.6 Å². The number of nitrogens with one attached hydrogen (secondary N) is 1. The van der Waals surface area contributed by atoms with Gasteiger partial charge in [0, 0.05) is 6.42 Å². The number of carbonyl (C=O) groups is 1. The molecule has 3 N–H and O–H groups in total. The minimum absolute atomic E-state index is 0.0608. The number of carbonyl (C=O) groups excluding carboxylic acids is 1. The van der Waals surface area contributed by atoms with Crippen molar-refractivity contribution in [1.82, 2.24) is 5.32 Å². The minimum atomic E-state index is -0.832. The summed E-state index contributed by atoms with van der Waals surface area (Å²) >= 11 is 0. The highest BCUT2D eigenvalue weighted by Crippen LogP contribution is 2.17. The molecule has 0 bridgehead atoms. The fourth-order valence-electron chi connectivity index (χ4n) is 7.24. The SMILES string of the molecule is CCCCCCCCCC/C=C/[C@@H](O)[C@H](CO)NC(=O)CCCCCCCCCCCCCCCCCCCCCCCCCCCCCC. The first-order chi connectivity index (χ1) is 24.7. The fraction of sp³-hybridized carbons (Fsp3) is 0.935. The predicted octanol–water partition coefficient (Wildman–Crippen LogP) is 14.2. The molecule has 4 nitrogen and oxygen atoms in total. The lowest BCUT2D eigenvalue weighted by molar-refractivity contribution is -0.123. The molecule has 0 spiro atoms. The lowest BCUT2D eigenvalue weighted by atomic mass is 10.0. The Morgan fingerprint density at radius 1 is 0.460 bits per heavy atom. The maximum atomic E-state index is 12.3. The maximum Gasteiger partial charge on any atom is 0.220 e. The zero-order valence-electron chi connectivity index (χ0n) is 34.2. The Labute approximate surface area is 314 Å². The van der Waals surface area contributed by atoms with Crippen molar-refractivity contribution in [3.63, 3.8) is 0 Å². The first-order valence-corrected chi connectivity index (χ1v) is 22.9. The average Bonchev–Trinajstić information content (AvgIpc) is 3.12. The van der Waals surface area contributed by atoms with E-state index in [1.807, 2.05) is 6.08 Å². The van der Waals surface area contributed by atoms with Crippen molar-refractivity contribution < 1.29 is 15.0 Å². The Kier molecular flexibility index (Phi) is 41.8. The summed E-state index contributed by atoms with van der Waals surface area (Å²) in [5.41, 5.74) is 0. The Morgan fingerprint density at radius 3 is 1.04 bits per heavy atom. The van der Waals surface area contributed by atoms with Crippen LogP contribution in [0.1, 0.15) is 258 Å². The number of aliphatic hydroxyl groups excluding tert-OH is 2. The summed E-state index contributed by atoms with van der Waals surface area (Å²) in [7, 11) is 0. The molecular weight excluding hydrogens is 615 g/mol. The zero-order chi connectivity index (χ0) is 36.4. The molecule has 0 aliphatic rings. The number of allylic oxidation sites excluding steroid dienone is 1. The summed E-state index contributed by atoms with van der Waals surface area (Å²) in [6, 6.07) is -0.615. The third kappa shape index (κ3) is 38.4. The van der Waals surface area contributed by atoms with Crippen LogP contribution in [-0.2, 0) is 4.79 Å². The van der Waals surface area contributed by atoms with Crippen LogP contribution in [0.3, 0.4) is 0 Å². The van der Waals surface area contributed by atoms with Gasteiger partial charge < -0.3 is 15.5 Å². The average molecular weight is 706 g/mol. The van der Waals surface area contributed by atoms with Crippen molar-refractivity contribution in [2.75, 3.05) is 6.61 Å². The van der Waals surface area contributed by atoms with E-state index in [1.54, 1.807) is 6.08 Å². The maximum absolute atomic E-state index is 12.3. The van der Waals surface area contributed by atoms with E-state index in [2.05, 4.69) is 19.2 Å². The summed E-state index contributed by atoms with van der Waals surface area (Å²) in [5, 5.41) is 22.9. The van der Waals surface area contributed by atoms with E-state index >= 15 is 0 Å². The number of unbranched alkanes of at least 4 members (excludes halogenated alkanes) is 35. The second-order valence-corrected chi connectivity index (χ2v) is 15.8. The summed E-state index contributed by atoms with van der Waals surface area (Å²) in [6.07, 6.45) is 53.4. The van der Waals surface area contributed by atoms with Gasteiger partial charge >= 0.3 is 0 Å². The number of amides is 1. The molecule has 0 unspecified atom stereocenters. The summed E-state index contributed by atoms with van der Waals surface area (Å²) in [6.45, 7) is 4.31. The van der Waals surface area contributed by atoms with E-state index in [9.17, 15) is 15.0 Å². The Hall–Kier alpha value is -0.870. The third-order valence-corrected chi connectivity index (χ3v) is 10.8. The molecule has 0 aromatic carbocycles. The molecule has 0 aliphatic carbocycles. The summed E-state index contributed by atoms with van der Waals surface area (Å²) in [4.78, 5) is 12.3. The number of aliphatic hydroxyl groups is 2. The first kappa shape index (κ1) is 49.1. The van der Waals surface area contributed by atoms with E-state index in [0.29, 0.717) is 6.42 Å². The molecule has 4 heteroatoms. The van der Waals surface area contributed by atoms with Crippen LogP contribution < -0.4 is 5.32 Å². The van der Waals surface area contributed by atoms with Gasteiger partial charge in [0.25, 0.3) is 0 Å². The van der Waals surface area contributed by atoms with Gasteiger partial charge in [0.15, 0.2) is 0 Å². The van der Waals surface area contributed by atoms with Crippen LogP contribution in [0.2, 0.25) is 0 Å². The van der Waals surface area contributed by atoms with Crippen LogP contribution in [0.15, 0.2) is 12.2 Å². The highest BCUT2D eigenvalue weighted by molar-refractivity contribution is 5.76. The van der Waals surface area contributed by atoms with Crippen LogP contribution in [-0.4, -0.2) is 34.9 Å². The summed E-state index contributed by atoms with van der Waals surface area (Å²) in [5.74, 6) is -0.0608. The van der Waals surface area contributed by atoms with Crippen LogP contribution in [0.4, 0.5) is 0 Å². The molecule has 0 fully saturated rings. The van der Waals surface area contributed by atoms with E-state index in [4.69, 9.17) is 0 Å². The highest BCUT2D eigenvalue weighted by atomic mass is 16.3. The molecule has 0 saturated heterocycles. The normalized spacial score (nSPS) is 13.0. The van der Waals surface area contributed by atoms with Gasteiger partial charge in [-0.15, -0.1) is 0 Å². The van der Waals surface area contributed by atoms with Crippen molar-refractivity contribution in [3.8, 4) is 0 Å². The molecular formula is C46H91NO3. The van der Waals surface area contributed by atoms with Gasteiger partial charge in [-0.1, -0.05) is 244 Å². The molecule has 0 radical (unpaired) electrons. The van der Waals surface area contributed by atoms with Crippen molar-refractivity contribution in [1.29, 1.82) is 0 Å². The van der Waals surface area contributed by atoms with Crippen molar-refractivity contribution in [2.45, 2.75) is 270 Å². The van der Waals surface area contributed by atoms with Crippen molar-refractivity contribution in [3.05, 3.63) is 12.2 Å². The fourth-order valence-corrected chi connectivity index (χ4v) is 7.24. The van der Waals surface area contributed by atoms with Crippen LogP contribution in [0.5, 0.6) is 0 Å². The van der Waals surface area contributed by atoms with Gasteiger partial charge in [0.05, 0.1) is 18.8 Å². The van der Waals surface area contributed by atoms with Gasteiger partial charge in [-0.05, 0) is 19.3 Å². The molecule has 0 aromatic rings. The monoisotopic (exact) mass is 706 g/mol. The lowest BCUT2D eigenvalue weighted by Gasteiger charge is -2.20. The van der Waals surface area contributed by atoms with Crippen LogP contribution >= 0.6 is 0 Å². The standard InChI is InChI=1S/C46H91NO3/c1-3-5-7-9-11-13-15-16-17-18-19-20-21-22-23-24-25-26-27-28-29-30-31-32-34-36-38-40-42-46(50)47-44(43-48)45(49)41-39-37-35-33-14-12-10-8-6-4-2/h39,41,44-45,48-49H,3-38,40,42-43H2,1-2H3,(H,47,50)/b41-39+/t44-,45+/m0/s1. The Balaban J connectivity index is 3.40. The Morgan fingerprint density at radius 2 is 0.740 bits per heavy atom. The molecule has 0 aromatic heterocycles. The zero-order valence-corrected chi connectivity index (χ0v) is 34.2. The molecule has 2 atom stereocenters. The minimum Gasteiger partial charge on any atom is -0.394 e. The van der Waals surface area contributed by atoms with E-state index in [0.717, 1.165) is 25.7 Å². The third-order valence-electron chi connectivity index (χ3n) is 10.8. The molecule has 0 saturated carbocycles. The molecule has 1 amide bonds. The van der Waals surface area contributed by atoms with Gasteiger partial charge in [-0.25, -0.2) is 0 Å². The second kappa shape index (κ2) is 42.5. The van der Waals surface area contributed by atoms with E-state index in [1.165, 1.54) is 212 Å². The van der Waals surface area contributed by atoms with Gasteiger partial charge in [-0.3, -0.25) is 4.79 Å². The quantitative estimate of drug-likeness (QED) is 0.0437. The molecule has 50 heavy (non-hydrogen) atoms. The molecule has 0 heterocycles. The number of hydrogen-bond acceptors (Lipinski definition) is 3. The molecule has 0 aliphatic heterocycles. The van der Waals surface area contributed by atoms with Crippen molar-refractivity contribution >= 4 is 5.91 Å². The summed E-state index contributed by atoms with van der Waals surface area (Å²) < 4.78 is 0. The van der Waals surface area contributed by atoms with Crippen LogP contribution in [0, 0.1) is 0 Å². The van der Waals surface area contributed by atoms with Gasteiger partial charge in [0.2, 0.25) is 5.91 Å². The highest BCUT2D eigenvalue weighted by Gasteiger charge is 2.17. The van der Waals surface area contributed by atoms with E-state index < -0.39 is 12.1 Å². The van der Waals surface area contributed by atoms with Crippen molar-refractivity contribution in [2.24, 2.45) is 0 Å². The smallest absolute Gasteiger partial charge is 0.220 e. The number of rotatable bonds is 42. The van der Waals surface area contributed by atoms with Gasteiger partial charge in [0.1, 0.15) is 0 Å². The first-order valence-electron chi connectivity index (χ1n) is 22.9. The molecule has 0 rings (SSSR count). The largest absolute Gasteiger partial charge is 0.394 e. The number of hydrogen-bond donors (Lipinski definition) is 3. The second-order valence-electron chi connectivity index (χ2n) is 15.8. The Bertz CT molecular complexity index is 680. The lowest BCUT2D eigenvalue weighted by Crippen LogP contribution is -2.45. The van der Waals surface area contributed by atoms with E-state index in [-0.39, 0.29) is 12.5 Å². The molecule has 298 valence electrons. The predicted molar refractivity (Wildman–Crippen MR) is 221 cm³/mol.